The maximum Gasteiger partial charge on any atom is 0.265 e. The molecule has 2 N–H and O–H groups in total. The van der Waals surface area contributed by atoms with Gasteiger partial charge in [-0.05, 0) is 31.2 Å². The number of aryl methyl sites for hydroxylation is 1. The molecule has 20 heavy (non-hydrogen) atoms. The summed E-state index contributed by atoms with van der Waals surface area (Å²) < 4.78 is 0. The van der Waals surface area contributed by atoms with Gasteiger partial charge >= 0.3 is 0 Å². The van der Waals surface area contributed by atoms with Crippen LogP contribution >= 0.6 is 11.3 Å². The van der Waals surface area contributed by atoms with Gasteiger partial charge in [0.15, 0.2) is 0 Å². The summed E-state index contributed by atoms with van der Waals surface area (Å²) >= 11 is 1.46. The predicted molar refractivity (Wildman–Crippen MR) is 82.0 cm³/mol. The molecular weight excluding hydrogens is 270 g/mol. The van der Waals surface area contributed by atoms with Crippen molar-refractivity contribution in [2.24, 2.45) is 0 Å². The third-order valence-corrected chi connectivity index (χ3v) is 3.60. The van der Waals surface area contributed by atoms with Gasteiger partial charge in [0.1, 0.15) is 0 Å². The first kappa shape index (κ1) is 14.3. The van der Waals surface area contributed by atoms with Crippen LogP contribution < -0.4 is 5.32 Å². The van der Waals surface area contributed by atoms with E-state index in [2.05, 4.69) is 17.2 Å². The minimum absolute atomic E-state index is 0.0377. The number of benzene rings is 1. The summed E-state index contributed by atoms with van der Waals surface area (Å²) in [5.41, 5.74) is 1.44. The van der Waals surface area contributed by atoms with Crippen LogP contribution in [0.15, 0.2) is 36.4 Å². The fraction of sp³-hybridized carbons (Fsp3) is 0.188. The molecule has 1 heterocycles. The second kappa shape index (κ2) is 6.90. The molecule has 102 valence electrons. The zero-order valence-electron chi connectivity index (χ0n) is 11.1. The fourth-order valence-corrected chi connectivity index (χ4v) is 2.42. The second-order valence-electron chi connectivity index (χ2n) is 4.19. The number of aliphatic hydroxyl groups is 1. The van der Waals surface area contributed by atoms with E-state index in [-0.39, 0.29) is 12.5 Å². The number of para-hydroxylation sites is 1. The molecule has 0 fully saturated rings. The molecule has 0 saturated carbocycles. The summed E-state index contributed by atoms with van der Waals surface area (Å²) in [5.74, 6) is 5.69. The van der Waals surface area contributed by atoms with Crippen molar-refractivity contribution in [3.05, 3.63) is 51.7 Å². The summed E-state index contributed by atoms with van der Waals surface area (Å²) in [6.45, 7) is 2.01. The number of rotatable bonds is 3. The highest BCUT2D eigenvalue weighted by molar-refractivity contribution is 7.14. The van der Waals surface area contributed by atoms with Gasteiger partial charge in [-0.2, -0.15) is 0 Å². The summed E-state index contributed by atoms with van der Waals surface area (Å²) in [7, 11) is 0. The molecule has 1 aromatic carbocycles. The Hall–Kier alpha value is -2.09. The zero-order chi connectivity index (χ0) is 14.4. The van der Waals surface area contributed by atoms with E-state index >= 15 is 0 Å². The molecule has 2 aromatic rings. The lowest BCUT2D eigenvalue weighted by molar-refractivity contribution is 0.103. The van der Waals surface area contributed by atoms with Crippen LogP contribution in [0.2, 0.25) is 0 Å². The van der Waals surface area contributed by atoms with Crippen LogP contribution in [0.25, 0.3) is 0 Å². The van der Waals surface area contributed by atoms with Crippen LogP contribution in [-0.4, -0.2) is 17.6 Å². The van der Waals surface area contributed by atoms with Gasteiger partial charge < -0.3 is 10.4 Å². The van der Waals surface area contributed by atoms with Crippen molar-refractivity contribution in [1.29, 1.82) is 0 Å². The van der Waals surface area contributed by atoms with Gasteiger partial charge in [0.05, 0.1) is 17.2 Å². The van der Waals surface area contributed by atoms with Crippen LogP contribution in [0.1, 0.15) is 26.5 Å². The molecule has 1 amide bonds. The van der Waals surface area contributed by atoms with Gasteiger partial charge in [-0.1, -0.05) is 24.0 Å². The number of nitrogens with one attached hydrogen (secondary N) is 1. The molecule has 0 saturated heterocycles. The molecule has 0 aliphatic carbocycles. The maximum atomic E-state index is 12.1. The van der Waals surface area contributed by atoms with Crippen LogP contribution in [-0.2, 0) is 0 Å². The highest BCUT2D eigenvalue weighted by Crippen LogP contribution is 2.19. The molecule has 1 aromatic heterocycles. The molecular formula is C16H15NO2S. The van der Waals surface area contributed by atoms with Crippen LogP contribution in [0.3, 0.4) is 0 Å². The molecule has 3 nitrogen and oxygen atoms in total. The topological polar surface area (TPSA) is 49.3 Å². The second-order valence-corrected chi connectivity index (χ2v) is 5.47. The molecule has 0 atom stereocenters. The fourth-order valence-electron chi connectivity index (χ4n) is 1.66. The van der Waals surface area contributed by atoms with Gasteiger partial charge in [0.25, 0.3) is 5.91 Å². The monoisotopic (exact) mass is 285 g/mol. The lowest BCUT2D eigenvalue weighted by atomic mass is 10.1. The number of carbonyl (C=O) groups excluding carboxylic acids is 1. The Labute approximate surface area is 122 Å². The van der Waals surface area contributed by atoms with E-state index in [0.29, 0.717) is 17.0 Å². The Morgan fingerprint density at radius 2 is 2.10 bits per heavy atom. The lowest BCUT2D eigenvalue weighted by Gasteiger charge is -2.05. The number of hydrogen-bond donors (Lipinski definition) is 2. The first-order chi connectivity index (χ1) is 9.70. The predicted octanol–water partition coefficient (Wildman–Crippen LogP) is 3.04. The number of anilines is 1. The van der Waals surface area contributed by atoms with E-state index in [1.807, 2.05) is 43.3 Å². The van der Waals surface area contributed by atoms with E-state index in [4.69, 9.17) is 5.11 Å². The van der Waals surface area contributed by atoms with Crippen molar-refractivity contribution in [3.8, 4) is 11.8 Å². The van der Waals surface area contributed by atoms with Crippen molar-refractivity contribution in [3.63, 3.8) is 0 Å². The zero-order valence-corrected chi connectivity index (χ0v) is 12.0. The number of amides is 1. The minimum atomic E-state index is -0.125. The standard InChI is InChI=1S/C16H15NO2S/c1-12-9-10-15(20-12)16(19)17-14-8-3-2-6-13(14)7-4-5-11-18/h2-3,6,8-10,18H,5,11H2,1H3,(H,17,19). The molecule has 0 unspecified atom stereocenters. The van der Waals surface area contributed by atoms with Gasteiger partial charge in [-0.3, -0.25) is 4.79 Å². The first-order valence-corrected chi connectivity index (χ1v) is 7.09. The third-order valence-electron chi connectivity index (χ3n) is 2.60. The quantitative estimate of drug-likeness (QED) is 0.852. The Morgan fingerprint density at radius 3 is 2.80 bits per heavy atom. The highest BCUT2D eigenvalue weighted by atomic mass is 32.1. The average Bonchev–Trinajstić information content (AvgIpc) is 2.88. The van der Waals surface area contributed by atoms with E-state index in [1.165, 1.54) is 11.3 Å². The van der Waals surface area contributed by atoms with Crippen LogP contribution in [0, 0.1) is 18.8 Å². The Morgan fingerprint density at radius 1 is 1.30 bits per heavy atom. The largest absolute Gasteiger partial charge is 0.395 e. The third kappa shape index (κ3) is 3.70. The number of carbonyl (C=O) groups is 1. The normalized spacial score (nSPS) is 9.70. The summed E-state index contributed by atoms with van der Waals surface area (Å²) in [6.07, 6.45) is 0.423. The van der Waals surface area contributed by atoms with Crippen molar-refractivity contribution in [2.45, 2.75) is 13.3 Å². The summed E-state index contributed by atoms with van der Waals surface area (Å²) in [5, 5.41) is 11.6. The van der Waals surface area contributed by atoms with Gasteiger partial charge in [-0.25, -0.2) is 0 Å². The number of thiophene rings is 1. The van der Waals surface area contributed by atoms with Crippen molar-refractivity contribution in [2.75, 3.05) is 11.9 Å². The Bertz CT molecular complexity index is 664. The van der Waals surface area contributed by atoms with E-state index in [0.717, 1.165) is 10.4 Å². The van der Waals surface area contributed by atoms with E-state index in [1.54, 1.807) is 0 Å². The smallest absolute Gasteiger partial charge is 0.265 e. The van der Waals surface area contributed by atoms with Gasteiger partial charge in [0.2, 0.25) is 0 Å². The van der Waals surface area contributed by atoms with E-state index in [9.17, 15) is 4.79 Å². The molecule has 0 bridgehead atoms. The molecule has 0 spiro atoms. The lowest BCUT2D eigenvalue weighted by Crippen LogP contribution is -2.11. The number of hydrogen-bond acceptors (Lipinski definition) is 3. The van der Waals surface area contributed by atoms with Crippen molar-refractivity contribution < 1.29 is 9.90 Å². The first-order valence-electron chi connectivity index (χ1n) is 6.27. The summed E-state index contributed by atoms with van der Waals surface area (Å²) in [6, 6.07) is 11.1. The minimum Gasteiger partial charge on any atom is -0.395 e. The van der Waals surface area contributed by atoms with Crippen LogP contribution in [0.4, 0.5) is 5.69 Å². The van der Waals surface area contributed by atoms with Crippen molar-refractivity contribution >= 4 is 22.9 Å². The Kier molecular flexibility index (Phi) is 4.94. The van der Waals surface area contributed by atoms with Crippen molar-refractivity contribution in [1.82, 2.24) is 0 Å². The van der Waals surface area contributed by atoms with E-state index < -0.39 is 0 Å². The molecule has 4 heteroatoms. The SMILES string of the molecule is Cc1ccc(C(=O)Nc2ccccc2C#CCCO)s1. The maximum absolute atomic E-state index is 12.1. The molecule has 0 aliphatic heterocycles. The van der Waals surface area contributed by atoms with Gasteiger partial charge in [-0.15, -0.1) is 11.3 Å². The Balaban J connectivity index is 2.17. The number of aliphatic hydroxyl groups excluding tert-OH is 1. The molecule has 0 aliphatic rings. The molecule has 2 rings (SSSR count). The highest BCUT2D eigenvalue weighted by Gasteiger charge is 2.09. The van der Waals surface area contributed by atoms with Crippen LogP contribution in [0.5, 0.6) is 0 Å². The molecule has 0 radical (unpaired) electrons. The summed E-state index contributed by atoms with van der Waals surface area (Å²) in [4.78, 5) is 13.9. The van der Waals surface area contributed by atoms with Gasteiger partial charge in [0, 0.05) is 16.9 Å². The average molecular weight is 285 g/mol.